The molecular formula is C6H6N2O2. The Hall–Kier alpha value is -1.29. The lowest BCUT2D eigenvalue weighted by molar-refractivity contribution is 0.0182. The second kappa shape index (κ2) is 1.85. The topological polar surface area (TPSA) is 54.4 Å². The molecule has 2 N–H and O–H groups in total. The molecule has 1 unspecified atom stereocenters. The Labute approximate surface area is 57.5 Å². The zero-order chi connectivity index (χ0) is 6.97. The number of nitrogens with zero attached hydrogens (tertiary/aromatic N) is 1. The van der Waals surface area contributed by atoms with Crippen LogP contribution in [0.2, 0.25) is 0 Å². The molecule has 1 aromatic heterocycles. The van der Waals surface area contributed by atoms with Crippen molar-refractivity contribution in [2.24, 2.45) is 0 Å². The van der Waals surface area contributed by atoms with Gasteiger partial charge in [0.2, 0.25) is 5.88 Å². The smallest absolute Gasteiger partial charge is 0.280 e. The van der Waals surface area contributed by atoms with E-state index in [4.69, 9.17) is 9.84 Å². The van der Waals surface area contributed by atoms with Crippen molar-refractivity contribution >= 4 is 5.69 Å². The van der Waals surface area contributed by atoms with Crippen molar-refractivity contribution in [1.82, 2.24) is 4.98 Å². The predicted molar refractivity (Wildman–Crippen MR) is 34.5 cm³/mol. The standard InChI is InChI=1S/C6H6N2O2/c9-6-8-4-2-1-3-7-5(4)10-6/h1-3,6,8-9H. The van der Waals surface area contributed by atoms with Gasteiger partial charge in [-0.1, -0.05) is 0 Å². The van der Waals surface area contributed by atoms with Crippen LogP contribution in [0.5, 0.6) is 5.88 Å². The van der Waals surface area contributed by atoms with E-state index >= 15 is 0 Å². The molecule has 1 aliphatic heterocycles. The molecule has 2 rings (SSSR count). The molecule has 0 aliphatic carbocycles. The van der Waals surface area contributed by atoms with Crippen LogP contribution in [-0.4, -0.2) is 16.5 Å². The van der Waals surface area contributed by atoms with Crippen molar-refractivity contribution in [3.63, 3.8) is 0 Å². The largest absolute Gasteiger partial charge is 0.427 e. The van der Waals surface area contributed by atoms with Crippen LogP contribution in [-0.2, 0) is 0 Å². The third kappa shape index (κ3) is 0.698. The maximum atomic E-state index is 8.88. The molecule has 0 bridgehead atoms. The SMILES string of the molecule is OC1Nc2cccnc2O1. The van der Waals surface area contributed by atoms with E-state index < -0.39 is 6.41 Å². The number of nitrogens with one attached hydrogen (secondary N) is 1. The third-order valence-electron chi connectivity index (χ3n) is 1.27. The summed E-state index contributed by atoms with van der Waals surface area (Å²) < 4.78 is 4.84. The Morgan fingerprint density at radius 1 is 1.70 bits per heavy atom. The van der Waals surface area contributed by atoms with Crippen LogP contribution < -0.4 is 10.1 Å². The first-order valence-electron chi connectivity index (χ1n) is 2.92. The van der Waals surface area contributed by atoms with Gasteiger partial charge >= 0.3 is 0 Å². The van der Waals surface area contributed by atoms with Crippen LogP contribution in [0, 0.1) is 0 Å². The second-order valence-corrected chi connectivity index (χ2v) is 1.97. The number of rotatable bonds is 0. The summed E-state index contributed by atoms with van der Waals surface area (Å²) in [5.74, 6) is 0.454. The second-order valence-electron chi connectivity index (χ2n) is 1.97. The third-order valence-corrected chi connectivity index (χ3v) is 1.27. The molecule has 0 radical (unpaired) electrons. The van der Waals surface area contributed by atoms with E-state index in [0.717, 1.165) is 5.69 Å². The molecular weight excluding hydrogens is 132 g/mol. The molecule has 0 saturated heterocycles. The highest BCUT2D eigenvalue weighted by Gasteiger charge is 2.18. The van der Waals surface area contributed by atoms with Crippen molar-refractivity contribution in [3.05, 3.63) is 18.3 Å². The first-order valence-corrected chi connectivity index (χ1v) is 2.92. The fraction of sp³-hybridized carbons (Fsp3) is 0.167. The maximum Gasteiger partial charge on any atom is 0.280 e. The Bertz CT molecular complexity index is 226. The number of pyridine rings is 1. The maximum absolute atomic E-state index is 8.88. The van der Waals surface area contributed by atoms with Crippen LogP contribution in [0.3, 0.4) is 0 Å². The zero-order valence-electron chi connectivity index (χ0n) is 5.11. The summed E-state index contributed by atoms with van der Waals surface area (Å²) in [6.07, 6.45) is 0.670. The fourth-order valence-corrected chi connectivity index (χ4v) is 0.863. The van der Waals surface area contributed by atoms with Crippen molar-refractivity contribution < 1.29 is 9.84 Å². The van der Waals surface area contributed by atoms with E-state index in [9.17, 15) is 0 Å². The molecule has 0 spiro atoms. The van der Waals surface area contributed by atoms with Gasteiger partial charge in [0.25, 0.3) is 6.41 Å². The Kier molecular flexibility index (Phi) is 1.01. The van der Waals surface area contributed by atoms with Crippen LogP contribution in [0.1, 0.15) is 0 Å². The fourth-order valence-electron chi connectivity index (χ4n) is 0.863. The lowest BCUT2D eigenvalue weighted by Gasteiger charge is -1.98. The highest BCUT2D eigenvalue weighted by molar-refractivity contribution is 5.54. The summed E-state index contributed by atoms with van der Waals surface area (Å²) in [5, 5.41) is 11.5. The number of hydrogen-bond acceptors (Lipinski definition) is 4. The highest BCUT2D eigenvalue weighted by Crippen LogP contribution is 2.26. The number of hydrogen-bond donors (Lipinski definition) is 2. The first-order chi connectivity index (χ1) is 4.86. The van der Waals surface area contributed by atoms with Gasteiger partial charge in [-0.3, -0.25) is 0 Å². The van der Waals surface area contributed by atoms with Gasteiger partial charge in [0.15, 0.2) is 0 Å². The summed E-state index contributed by atoms with van der Waals surface area (Å²) in [6, 6.07) is 3.56. The van der Waals surface area contributed by atoms with Gasteiger partial charge in [-0.25, -0.2) is 4.98 Å². The molecule has 1 aliphatic rings. The van der Waals surface area contributed by atoms with Gasteiger partial charge < -0.3 is 15.2 Å². The van der Waals surface area contributed by atoms with E-state index in [2.05, 4.69) is 10.3 Å². The average Bonchev–Trinajstić information content (AvgIpc) is 2.27. The summed E-state index contributed by atoms with van der Waals surface area (Å²) in [7, 11) is 0. The lowest BCUT2D eigenvalue weighted by Crippen LogP contribution is -2.18. The number of aliphatic hydroxyl groups excluding tert-OH is 1. The van der Waals surface area contributed by atoms with E-state index in [0.29, 0.717) is 5.88 Å². The molecule has 1 aromatic rings. The minimum absolute atomic E-state index is 0.454. The van der Waals surface area contributed by atoms with Crippen molar-refractivity contribution in [3.8, 4) is 5.88 Å². The molecule has 0 fully saturated rings. The summed E-state index contributed by atoms with van der Waals surface area (Å²) in [5.41, 5.74) is 0.731. The number of ether oxygens (including phenoxy) is 1. The van der Waals surface area contributed by atoms with Crippen molar-refractivity contribution in [2.45, 2.75) is 6.41 Å². The van der Waals surface area contributed by atoms with Gasteiger partial charge in [0, 0.05) is 6.20 Å². The molecule has 10 heavy (non-hydrogen) atoms. The summed E-state index contributed by atoms with van der Waals surface area (Å²) >= 11 is 0. The zero-order valence-corrected chi connectivity index (χ0v) is 5.11. The van der Waals surface area contributed by atoms with E-state index in [1.807, 2.05) is 0 Å². The molecule has 2 heterocycles. The first kappa shape index (κ1) is 5.49. The van der Waals surface area contributed by atoms with Crippen LogP contribution in [0.25, 0.3) is 0 Å². The van der Waals surface area contributed by atoms with Gasteiger partial charge in [0.05, 0.1) is 0 Å². The van der Waals surface area contributed by atoms with Gasteiger partial charge in [-0.15, -0.1) is 0 Å². The van der Waals surface area contributed by atoms with Gasteiger partial charge in [-0.05, 0) is 12.1 Å². The Morgan fingerprint density at radius 3 is 3.40 bits per heavy atom. The molecule has 0 aromatic carbocycles. The van der Waals surface area contributed by atoms with E-state index in [1.54, 1.807) is 18.3 Å². The normalized spacial score (nSPS) is 21.1. The van der Waals surface area contributed by atoms with E-state index in [-0.39, 0.29) is 0 Å². The molecule has 0 amide bonds. The Morgan fingerprint density at radius 2 is 2.60 bits per heavy atom. The van der Waals surface area contributed by atoms with Crippen LogP contribution in [0.4, 0.5) is 5.69 Å². The van der Waals surface area contributed by atoms with Crippen LogP contribution >= 0.6 is 0 Å². The van der Waals surface area contributed by atoms with Crippen LogP contribution in [0.15, 0.2) is 18.3 Å². The lowest BCUT2D eigenvalue weighted by atomic mass is 10.4. The van der Waals surface area contributed by atoms with Gasteiger partial charge in [-0.2, -0.15) is 0 Å². The predicted octanol–water partition coefficient (Wildman–Crippen LogP) is 0.162. The van der Waals surface area contributed by atoms with Crippen molar-refractivity contribution in [2.75, 3.05) is 5.32 Å². The number of aromatic nitrogens is 1. The molecule has 4 heteroatoms. The van der Waals surface area contributed by atoms with E-state index in [1.165, 1.54) is 0 Å². The molecule has 0 saturated carbocycles. The number of aliphatic hydroxyl groups is 1. The van der Waals surface area contributed by atoms with Crippen molar-refractivity contribution in [1.29, 1.82) is 0 Å². The summed E-state index contributed by atoms with van der Waals surface area (Å²) in [4.78, 5) is 3.86. The highest BCUT2D eigenvalue weighted by atomic mass is 16.6. The molecule has 1 atom stereocenters. The molecule has 4 nitrogen and oxygen atoms in total. The minimum Gasteiger partial charge on any atom is -0.427 e. The minimum atomic E-state index is -0.940. The monoisotopic (exact) mass is 138 g/mol. The quantitative estimate of drug-likeness (QED) is 0.536. The average molecular weight is 138 g/mol. The number of anilines is 1. The number of fused-ring (bicyclic) bond motifs is 1. The molecule has 52 valence electrons. The summed E-state index contributed by atoms with van der Waals surface area (Å²) in [6.45, 7) is 0. The van der Waals surface area contributed by atoms with Gasteiger partial charge in [0.1, 0.15) is 5.69 Å². The Balaban J connectivity index is 2.42.